The molecular weight excluding hydrogens is 228 g/mol. The Kier molecular flexibility index (Phi) is 6.61. The first-order chi connectivity index (χ1) is 8.69. The molecule has 0 saturated heterocycles. The molecule has 1 rings (SSSR count). The van der Waals surface area contributed by atoms with Crippen molar-refractivity contribution in [1.82, 2.24) is 0 Å². The Balaban J connectivity index is 2.76. The highest BCUT2D eigenvalue weighted by Gasteiger charge is 2.22. The second-order valence-corrected chi connectivity index (χ2v) is 4.15. The van der Waals surface area contributed by atoms with Gasteiger partial charge in [0.15, 0.2) is 6.29 Å². The van der Waals surface area contributed by atoms with Crippen LogP contribution in [0.25, 0.3) is 0 Å². The molecule has 1 atom stereocenters. The third-order valence-electron chi connectivity index (χ3n) is 2.83. The van der Waals surface area contributed by atoms with E-state index in [9.17, 15) is 4.79 Å². The number of benzene rings is 1. The molecule has 100 valence electrons. The summed E-state index contributed by atoms with van der Waals surface area (Å²) in [6.45, 7) is 6.65. The number of hydrogen-bond donors (Lipinski definition) is 0. The van der Waals surface area contributed by atoms with Crippen LogP contribution in [0.2, 0.25) is 0 Å². The van der Waals surface area contributed by atoms with E-state index in [1.807, 2.05) is 44.2 Å². The summed E-state index contributed by atoms with van der Waals surface area (Å²) in [5, 5.41) is 0. The van der Waals surface area contributed by atoms with Gasteiger partial charge in [-0.25, -0.2) is 0 Å². The summed E-state index contributed by atoms with van der Waals surface area (Å²) < 4.78 is 11.0. The van der Waals surface area contributed by atoms with E-state index in [1.54, 1.807) is 6.92 Å². The van der Waals surface area contributed by atoms with Crippen LogP contribution in [0.3, 0.4) is 0 Å². The summed E-state index contributed by atoms with van der Waals surface area (Å²) >= 11 is 0. The Labute approximate surface area is 109 Å². The predicted molar refractivity (Wildman–Crippen MR) is 71.5 cm³/mol. The summed E-state index contributed by atoms with van der Waals surface area (Å²) in [7, 11) is 0. The van der Waals surface area contributed by atoms with Gasteiger partial charge >= 0.3 is 0 Å². The average molecular weight is 250 g/mol. The number of carbonyl (C=O) groups excluding carboxylic acids is 1. The van der Waals surface area contributed by atoms with Crippen molar-refractivity contribution in [2.24, 2.45) is 0 Å². The molecule has 0 heterocycles. The van der Waals surface area contributed by atoms with E-state index < -0.39 is 0 Å². The standard InChI is InChI=1S/C15H22O3/c1-4-17-15(18-5-2)11-14(12(3)16)13-9-7-6-8-10-13/h6-10,14-15H,4-5,11H2,1-3H3. The van der Waals surface area contributed by atoms with Gasteiger partial charge in [-0.1, -0.05) is 30.3 Å². The maximum atomic E-state index is 11.8. The van der Waals surface area contributed by atoms with Crippen molar-refractivity contribution >= 4 is 5.78 Å². The highest BCUT2D eigenvalue weighted by molar-refractivity contribution is 5.83. The molecular formula is C15H22O3. The fourth-order valence-electron chi connectivity index (χ4n) is 1.97. The number of ketones is 1. The molecule has 0 fully saturated rings. The molecule has 0 aliphatic heterocycles. The van der Waals surface area contributed by atoms with Crippen molar-refractivity contribution in [2.75, 3.05) is 13.2 Å². The van der Waals surface area contributed by atoms with E-state index in [-0.39, 0.29) is 18.0 Å². The quantitative estimate of drug-likeness (QED) is 0.665. The number of rotatable bonds is 8. The lowest BCUT2D eigenvalue weighted by Crippen LogP contribution is -2.23. The molecule has 0 spiro atoms. The minimum Gasteiger partial charge on any atom is -0.353 e. The lowest BCUT2D eigenvalue weighted by molar-refractivity contribution is -0.147. The van der Waals surface area contributed by atoms with Gasteiger partial charge < -0.3 is 9.47 Å². The van der Waals surface area contributed by atoms with Gasteiger partial charge in [-0.3, -0.25) is 4.79 Å². The molecule has 18 heavy (non-hydrogen) atoms. The minimum atomic E-state index is -0.311. The highest BCUT2D eigenvalue weighted by Crippen LogP contribution is 2.23. The molecule has 1 aromatic rings. The summed E-state index contributed by atoms with van der Waals surface area (Å²) in [5.41, 5.74) is 1.02. The topological polar surface area (TPSA) is 35.5 Å². The second kappa shape index (κ2) is 8.01. The van der Waals surface area contributed by atoms with E-state index in [2.05, 4.69) is 0 Å². The summed E-state index contributed by atoms with van der Waals surface area (Å²) in [5.74, 6) is -0.0140. The van der Waals surface area contributed by atoms with E-state index >= 15 is 0 Å². The zero-order valence-electron chi connectivity index (χ0n) is 11.4. The van der Waals surface area contributed by atoms with Crippen molar-refractivity contribution in [1.29, 1.82) is 0 Å². The van der Waals surface area contributed by atoms with Crippen molar-refractivity contribution in [3.8, 4) is 0 Å². The lowest BCUT2D eigenvalue weighted by Gasteiger charge is -2.22. The van der Waals surface area contributed by atoms with Crippen LogP contribution in [0.15, 0.2) is 30.3 Å². The van der Waals surface area contributed by atoms with E-state index in [1.165, 1.54) is 0 Å². The van der Waals surface area contributed by atoms with Gasteiger partial charge in [-0.05, 0) is 26.3 Å². The molecule has 0 radical (unpaired) electrons. The molecule has 0 aromatic heterocycles. The van der Waals surface area contributed by atoms with Crippen LogP contribution < -0.4 is 0 Å². The van der Waals surface area contributed by atoms with Crippen molar-refractivity contribution in [2.45, 2.75) is 39.4 Å². The van der Waals surface area contributed by atoms with E-state index in [4.69, 9.17) is 9.47 Å². The first-order valence-electron chi connectivity index (χ1n) is 6.47. The van der Waals surface area contributed by atoms with Gasteiger partial charge in [0.2, 0.25) is 0 Å². The maximum absolute atomic E-state index is 11.8. The third-order valence-corrected chi connectivity index (χ3v) is 2.83. The Morgan fingerprint density at radius 2 is 1.67 bits per heavy atom. The molecule has 0 aliphatic carbocycles. The molecule has 1 unspecified atom stereocenters. The van der Waals surface area contributed by atoms with Gasteiger partial charge in [0.05, 0.1) is 0 Å². The summed E-state index contributed by atoms with van der Waals surface area (Å²) in [6, 6.07) is 9.79. The molecule has 0 saturated carbocycles. The van der Waals surface area contributed by atoms with Gasteiger partial charge in [0, 0.05) is 25.6 Å². The SMILES string of the molecule is CCOC(CC(C(C)=O)c1ccccc1)OCC. The van der Waals surface area contributed by atoms with Crippen molar-refractivity contribution in [3.05, 3.63) is 35.9 Å². The Bertz CT molecular complexity index is 342. The summed E-state index contributed by atoms with van der Waals surface area (Å²) in [6.07, 6.45) is 0.259. The molecule has 3 nitrogen and oxygen atoms in total. The van der Waals surface area contributed by atoms with Gasteiger partial charge in [-0.15, -0.1) is 0 Å². The van der Waals surface area contributed by atoms with Gasteiger partial charge in [0.25, 0.3) is 0 Å². The van der Waals surface area contributed by atoms with E-state index in [0.717, 1.165) is 5.56 Å². The average Bonchev–Trinajstić information content (AvgIpc) is 2.37. The van der Waals surface area contributed by atoms with Crippen LogP contribution in [0, 0.1) is 0 Å². The van der Waals surface area contributed by atoms with Crippen molar-refractivity contribution in [3.63, 3.8) is 0 Å². The lowest BCUT2D eigenvalue weighted by atomic mass is 9.92. The van der Waals surface area contributed by atoms with Gasteiger partial charge in [0.1, 0.15) is 5.78 Å². The molecule has 0 bridgehead atoms. The molecule has 3 heteroatoms. The second-order valence-electron chi connectivity index (χ2n) is 4.15. The first kappa shape index (κ1) is 14.9. The summed E-state index contributed by atoms with van der Waals surface area (Å²) in [4.78, 5) is 11.8. The number of ether oxygens (including phenoxy) is 2. The smallest absolute Gasteiger partial charge is 0.158 e. The maximum Gasteiger partial charge on any atom is 0.158 e. The molecule has 0 aliphatic rings. The number of carbonyl (C=O) groups is 1. The molecule has 0 amide bonds. The number of hydrogen-bond acceptors (Lipinski definition) is 3. The van der Waals surface area contributed by atoms with Crippen LogP contribution in [0.4, 0.5) is 0 Å². The first-order valence-corrected chi connectivity index (χ1v) is 6.47. The Morgan fingerprint density at radius 1 is 1.11 bits per heavy atom. The zero-order chi connectivity index (χ0) is 13.4. The van der Waals surface area contributed by atoms with E-state index in [0.29, 0.717) is 19.6 Å². The minimum absolute atomic E-state index is 0.144. The third kappa shape index (κ3) is 4.59. The highest BCUT2D eigenvalue weighted by atomic mass is 16.7. The molecule has 0 N–H and O–H groups in total. The fourth-order valence-corrected chi connectivity index (χ4v) is 1.97. The van der Waals surface area contributed by atoms with Crippen LogP contribution in [-0.2, 0) is 14.3 Å². The van der Waals surface area contributed by atoms with Crippen LogP contribution in [-0.4, -0.2) is 25.3 Å². The Morgan fingerprint density at radius 3 is 2.11 bits per heavy atom. The van der Waals surface area contributed by atoms with Crippen LogP contribution in [0.5, 0.6) is 0 Å². The van der Waals surface area contributed by atoms with Crippen molar-refractivity contribution < 1.29 is 14.3 Å². The largest absolute Gasteiger partial charge is 0.353 e. The van der Waals surface area contributed by atoms with Crippen LogP contribution >= 0.6 is 0 Å². The Hall–Kier alpha value is -1.19. The monoisotopic (exact) mass is 250 g/mol. The zero-order valence-corrected chi connectivity index (χ0v) is 11.4. The number of Topliss-reactive ketones (excluding diaryl/α,β-unsaturated/α-hetero) is 1. The normalized spacial score (nSPS) is 12.7. The van der Waals surface area contributed by atoms with Crippen LogP contribution in [0.1, 0.15) is 38.7 Å². The molecule has 1 aromatic carbocycles. The predicted octanol–water partition coefficient (Wildman–Crippen LogP) is 3.15. The fraction of sp³-hybridized carbons (Fsp3) is 0.533. The van der Waals surface area contributed by atoms with Gasteiger partial charge in [-0.2, -0.15) is 0 Å².